The minimum atomic E-state index is -0.394. The fourth-order valence-corrected chi connectivity index (χ4v) is 8.03. The van der Waals surface area contributed by atoms with Gasteiger partial charge in [0.25, 0.3) is 0 Å². The van der Waals surface area contributed by atoms with E-state index < -0.39 is 6.10 Å². The number of unbranched alkanes of at least 4 members (excludes halogenated alkanes) is 20. The average molecular weight is 796 g/mol. The van der Waals surface area contributed by atoms with E-state index in [9.17, 15) is 19.8 Å². The van der Waals surface area contributed by atoms with Gasteiger partial charge in [0.15, 0.2) is 0 Å². The number of rotatable bonds is 45. The molecule has 0 aliphatic heterocycles. The summed E-state index contributed by atoms with van der Waals surface area (Å²) in [5.74, 6) is 0.869. The third kappa shape index (κ3) is 38.3. The summed E-state index contributed by atoms with van der Waals surface area (Å²) in [6, 6.07) is 0. The molecule has 3 atom stereocenters. The minimum absolute atomic E-state index is 0.00874. The number of aliphatic hydroxyl groups is 2. The smallest absolute Gasteiger partial charge is 0.306 e. The fraction of sp³-hybridized carbons (Fsp3) is 0.959. The molecule has 0 rings (SSSR count). The molecule has 0 aliphatic carbocycles. The van der Waals surface area contributed by atoms with Crippen LogP contribution in [-0.4, -0.2) is 72.6 Å². The van der Waals surface area contributed by atoms with Gasteiger partial charge in [0, 0.05) is 26.0 Å². The van der Waals surface area contributed by atoms with Crippen LogP contribution in [0.25, 0.3) is 0 Å². The summed E-state index contributed by atoms with van der Waals surface area (Å²) in [6.45, 7) is 12.7. The molecule has 0 aromatic rings. The first kappa shape index (κ1) is 54.8. The van der Waals surface area contributed by atoms with Gasteiger partial charge in [-0.15, -0.1) is 0 Å². The summed E-state index contributed by atoms with van der Waals surface area (Å²) in [6.07, 6.45) is 37.4. The zero-order chi connectivity index (χ0) is 41.2. The van der Waals surface area contributed by atoms with E-state index in [1.165, 1.54) is 116 Å². The fourth-order valence-electron chi connectivity index (χ4n) is 8.03. The molecule has 0 fully saturated rings. The van der Waals surface area contributed by atoms with Crippen molar-refractivity contribution in [1.82, 2.24) is 4.90 Å². The second kappa shape index (κ2) is 43.4. The van der Waals surface area contributed by atoms with Crippen LogP contribution < -0.4 is 0 Å². The first-order valence-corrected chi connectivity index (χ1v) is 24.7. The Balaban J connectivity index is 4.45. The third-order valence-corrected chi connectivity index (χ3v) is 11.7. The zero-order valence-electron chi connectivity index (χ0n) is 38.0. The van der Waals surface area contributed by atoms with E-state index >= 15 is 0 Å². The molecular formula is C49H97NO6. The number of ether oxygens (including phenoxy) is 2. The van der Waals surface area contributed by atoms with Crippen LogP contribution >= 0.6 is 0 Å². The van der Waals surface area contributed by atoms with Crippen LogP contribution in [0.2, 0.25) is 0 Å². The van der Waals surface area contributed by atoms with E-state index in [0.717, 1.165) is 96.6 Å². The summed E-state index contributed by atoms with van der Waals surface area (Å²) in [7, 11) is 0. The van der Waals surface area contributed by atoms with Crippen LogP contribution in [0.5, 0.6) is 0 Å². The third-order valence-electron chi connectivity index (χ3n) is 11.7. The Hall–Kier alpha value is -1.18. The lowest BCUT2D eigenvalue weighted by Crippen LogP contribution is -2.34. The van der Waals surface area contributed by atoms with Gasteiger partial charge >= 0.3 is 11.9 Å². The predicted molar refractivity (Wildman–Crippen MR) is 238 cm³/mol. The van der Waals surface area contributed by atoms with Crippen molar-refractivity contribution in [1.29, 1.82) is 0 Å². The molecule has 0 saturated carbocycles. The van der Waals surface area contributed by atoms with Gasteiger partial charge in [0.2, 0.25) is 0 Å². The van der Waals surface area contributed by atoms with Crippen LogP contribution in [0, 0.1) is 11.8 Å². The molecule has 0 amide bonds. The van der Waals surface area contributed by atoms with Crippen molar-refractivity contribution in [3.8, 4) is 0 Å². The van der Waals surface area contributed by atoms with Gasteiger partial charge in [-0.05, 0) is 102 Å². The van der Waals surface area contributed by atoms with Crippen molar-refractivity contribution in [2.75, 3.05) is 39.5 Å². The summed E-state index contributed by atoms with van der Waals surface area (Å²) in [5.41, 5.74) is 0. The maximum absolute atomic E-state index is 12.7. The molecule has 7 nitrogen and oxygen atoms in total. The van der Waals surface area contributed by atoms with Gasteiger partial charge in [-0.3, -0.25) is 9.59 Å². The van der Waals surface area contributed by atoms with E-state index in [2.05, 4.69) is 32.6 Å². The Bertz CT molecular complexity index is 824. The lowest BCUT2D eigenvalue weighted by atomic mass is 9.91. The second-order valence-corrected chi connectivity index (χ2v) is 17.3. The van der Waals surface area contributed by atoms with Crippen LogP contribution in [-0.2, 0) is 19.1 Å². The molecule has 0 aliphatic rings. The van der Waals surface area contributed by atoms with E-state index in [1.54, 1.807) is 0 Å². The summed E-state index contributed by atoms with van der Waals surface area (Å²) in [4.78, 5) is 27.8. The van der Waals surface area contributed by atoms with Gasteiger partial charge in [0.05, 0.1) is 19.3 Å². The molecule has 0 aromatic heterocycles. The Morgan fingerprint density at radius 2 is 0.786 bits per heavy atom. The quantitative estimate of drug-likeness (QED) is 0.0468. The van der Waals surface area contributed by atoms with E-state index in [1.807, 2.05) is 0 Å². The van der Waals surface area contributed by atoms with Crippen LogP contribution in [0.1, 0.15) is 246 Å². The largest absolute Gasteiger partial charge is 0.466 e. The normalized spacial score (nSPS) is 13.3. The van der Waals surface area contributed by atoms with Gasteiger partial charge in [0.1, 0.15) is 0 Å². The highest BCUT2D eigenvalue weighted by Crippen LogP contribution is 2.24. The number of aliphatic hydroxyl groups excluding tert-OH is 2. The predicted octanol–water partition coefficient (Wildman–Crippen LogP) is 13.3. The molecule has 3 unspecified atom stereocenters. The van der Waals surface area contributed by atoms with E-state index in [-0.39, 0.29) is 18.5 Å². The van der Waals surface area contributed by atoms with Crippen LogP contribution in [0.15, 0.2) is 0 Å². The van der Waals surface area contributed by atoms with Crippen molar-refractivity contribution in [2.45, 2.75) is 252 Å². The average Bonchev–Trinajstić information content (AvgIpc) is 3.18. The Morgan fingerprint density at radius 1 is 0.446 bits per heavy atom. The number of esters is 2. The topological polar surface area (TPSA) is 96.3 Å². The standard InChI is InChI=1S/C49H97NO6/c1-5-9-13-17-24-34-45(32-22-15-11-7-3)42-48(53)55-40-30-20-19-27-37-50(38-28-21-29-39-51)44-47(52)36-26-31-41-56-49(54)43-46(33-23-16-12-8-4)35-25-18-14-10-6-2/h45-47,51-52H,5-44H2,1-4H3. The summed E-state index contributed by atoms with van der Waals surface area (Å²) >= 11 is 0. The summed E-state index contributed by atoms with van der Waals surface area (Å²) < 4.78 is 11.4. The maximum Gasteiger partial charge on any atom is 0.306 e. The Kier molecular flexibility index (Phi) is 42.5. The Labute approximate surface area is 348 Å². The van der Waals surface area contributed by atoms with Crippen LogP contribution in [0.4, 0.5) is 0 Å². The van der Waals surface area contributed by atoms with Crippen LogP contribution in [0.3, 0.4) is 0 Å². The molecule has 0 radical (unpaired) electrons. The Morgan fingerprint density at radius 3 is 1.21 bits per heavy atom. The van der Waals surface area contributed by atoms with Crippen molar-refractivity contribution in [3.63, 3.8) is 0 Å². The van der Waals surface area contributed by atoms with Crippen molar-refractivity contribution < 1.29 is 29.3 Å². The first-order valence-electron chi connectivity index (χ1n) is 24.7. The van der Waals surface area contributed by atoms with E-state index in [4.69, 9.17) is 9.47 Å². The number of carbonyl (C=O) groups is 2. The molecule has 56 heavy (non-hydrogen) atoms. The number of hydrogen-bond donors (Lipinski definition) is 2. The van der Waals surface area contributed by atoms with Crippen molar-refractivity contribution in [2.24, 2.45) is 11.8 Å². The highest BCUT2D eigenvalue weighted by atomic mass is 16.5. The molecule has 0 bridgehead atoms. The molecule has 334 valence electrons. The molecular weight excluding hydrogens is 699 g/mol. The van der Waals surface area contributed by atoms with Crippen molar-refractivity contribution in [3.05, 3.63) is 0 Å². The molecule has 0 heterocycles. The molecule has 0 spiro atoms. The highest BCUT2D eigenvalue weighted by Gasteiger charge is 2.17. The molecule has 0 aromatic carbocycles. The van der Waals surface area contributed by atoms with Gasteiger partial charge in [-0.1, -0.05) is 156 Å². The molecule has 7 heteroatoms. The SMILES string of the molecule is CCCCCCCC(CCCCCC)CC(=O)OCCCCCCN(CCCCCO)CC(O)CCCCOC(=O)CC(CCCCCC)CCCCCCC. The zero-order valence-corrected chi connectivity index (χ0v) is 38.0. The minimum Gasteiger partial charge on any atom is -0.466 e. The van der Waals surface area contributed by atoms with Gasteiger partial charge in [-0.2, -0.15) is 0 Å². The summed E-state index contributed by atoms with van der Waals surface area (Å²) in [5, 5.41) is 20.1. The van der Waals surface area contributed by atoms with E-state index in [0.29, 0.717) is 50.9 Å². The first-order chi connectivity index (χ1) is 27.4. The number of nitrogens with zero attached hydrogens (tertiary/aromatic N) is 1. The number of hydrogen-bond acceptors (Lipinski definition) is 7. The molecule has 2 N–H and O–H groups in total. The highest BCUT2D eigenvalue weighted by molar-refractivity contribution is 5.70. The lowest BCUT2D eigenvalue weighted by Gasteiger charge is -2.25. The maximum atomic E-state index is 12.7. The van der Waals surface area contributed by atoms with Crippen molar-refractivity contribution >= 4 is 11.9 Å². The van der Waals surface area contributed by atoms with Gasteiger partial charge in [-0.25, -0.2) is 0 Å². The number of carbonyl (C=O) groups excluding carboxylic acids is 2. The van der Waals surface area contributed by atoms with Gasteiger partial charge < -0.3 is 24.6 Å². The second-order valence-electron chi connectivity index (χ2n) is 17.3. The monoisotopic (exact) mass is 796 g/mol. The molecule has 0 saturated heterocycles. The lowest BCUT2D eigenvalue weighted by molar-refractivity contribution is -0.146.